The highest BCUT2D eigenvalue weighted by molar-refractivity contribution is 7.90. The molecule has 0 saturated carbocycles. The summed E-state index contributed by atoms with van der Waals surface area (Å²) in [6.45, 7) is 0.562. The Morgan fingerprint density at radius 1 is 1.38 bits per heavy atom. The van der Waals surface area contributed by atoms with Crippen molar-refractivity contribution >= 4 is 27.3 Å². The molecule has 8 heteroatoms. The molecule has 0 spiro atoms. The quantitative estimate of drug-likeness (QED) is 0.797. The molecule has 118 valence electrons. The van der Waals surface area contributed by atoms with E-state index >= 15 is 0 Å². The van der Waals surface area contributed by atoms with Crippen molar-refractivity contribution in [1.29, 1.82) is 0 Å². The number of carbonyl (C=O) groups excluding carboxylic acids is 1. The summed E-state index contributed by atoms with van der Waals surface area (Å²) in [6, 6.07) is 4.08. The van der Waals surface area contributed by atoms with Crippen LogP contribution >= 0.6 is 11.6 Å². The molecule has 0 fully saturated rings. The highest BCUT2D eigenvalue weighted by atomic mass is 35.5. The molecule has 1 aromatic rings. The van der Waals surface area contributed by atoms with Crippen molar-refractivity contribution in [2.45, 2.75) is 4.90 Å². The van der Waals surface area contributed by atoms with Gasteiger partial charge in [0.1, 0.15) is 0 Å². The molecule has 0 radical (unpaired) electrons. The number of halogens is 1. The van der Waals surface area contributed by atoms with Crippen LogP contribution in [0.4, 0.5) is 0 Å². The zero-order valence-electron chi connectivity index (χ0n) is 11.9. The molecular formula is C13H18ClNO5S. The summed E-state index contributed by atoms with van der Waals surface area (Å²) in [5.74, 6) is -0.386. The van der Waals surface area contributed by atoms with Crippen molar-refractivity contribution in [3.05, 3.63) is 28.8 Å². The van der Waals surface area contributed by atoms with Gasteiger partial charge in [-0.3, -0.25) is 4.79 Å². The van der Waals surface area contributed by atoms with Gasteiger partial charge in [-0.05, 0) is 18.2 Å². The molecule has 6 nitrogen and oxygen atoms in total. The summed E-state index contributed by atoms with van der Waals surface area (Å²) in [5, 5.41) is 9.08. The molecule has 1 N–H and O–H groups in total. The standard InChI is InChI=1S/C13H18ClNO5S/c1-20-8-6-15(5-7-16)13(17)10-3-4-11(14)12(9-10)21(2,18)19/h3-4,9,16H,5-8H2,1-2H3. The smallest absolute Gasteiger partial charge is 0.254 e. The molecule has 0 atom stereocenters. The van der Waals surface area contributed by atoms with Gasteiger partial charge in [-0.15, -0.1) is 0 Å². The van der Waals surface area contributed by atoms with E-state index in [0.29, 0.717) is 13.2 Å². The largest absolute Gasteiger partial charge is 0.395 e. The van der Waals surface area contributed by atoms with Gasteiger partial charge >= 0.3 is 0 Å². The van der Waals surface area contributed by atoms with E-state index in [1.165, 1.54) is 30.2 Å². The van der Waals surface area contributed by atoms with Crippen LogP contribution in [0.25, 0.3) is 0 Å². The summed E-state index contributed by atoms with van der Waals surface area (Å²) in [7, 11) is -2.02. The number of carbonyl (C=O) groups is 1. The van der Waals surface area contributed by atoms with E-state index in [-0.39, 0.29) is 34.5 Å². The first-order chi connectivity index (χ1) is 9.81. The number of aliphatic hydroxyl groups is 1. The molecule has 0 aliphatic heterocycles. The number of methoxy groups -OCH3 is 1. The Morgan fingerprint density at radius 3 is 2.57 bits per heavy atom. The van der Waals surface area contributed by atoms with Crippen LogP contribution in [-0.2, 0) is 14.6 Å². The van der Waals surface area contributed by atoms with E-state index in [4.69, 9.17) is 21.4 Å². The number of aliphatic hydroxyl groups excluding tert-OH is 1. The maximum absolute atomic E-state index is 12.4. The lowest BCUT2D eigenvalue weighted by Gasteiger charge is -2.21. The molecule has 0 aliphatic rings. The van der Waals surface area contributed by atoms with E-state index in [1.54, 1.807) is 0 Å². The topological polar surface area (TPSA) is 83.9 Å². The minimum atomic E-state index is -3.52. The van der Waals surface area contributed by atoms with Gasteiger partial charge in [0.2, 0.25) is 0 Å². The summed E-state index contributed by atoms with van der Waals surface area (Å²) < 4.78 is 28.2. The maximum atomic E-state index is 12.4. The monoisotopic (exact) mass is 335 g/mol. The Morgan fingerprint density at radius 2 is 2.05 bits per heavy atom. The number of benzene rings is 1. The predicted molar refractivity (Wildman–Crippen MR) is 79.4 cm³/mol. The summed E-state index contributed by atoms with van der Waals surface area (Å²) in [6.07, 6.45) is 1.03. The summed E-state index contributed by atoms with van der Waals surface area (Å²) >= 11 is 5.85. The Balaban J connectivity index is 3.11. The first kappa shape index (κ1) is 17.9. The number of hydrogen-bond donors (Lipinski definition) is 1. The third kappa shape index (κ3) is 4.96. The van der Waals surface area contributed by atoms with Gasteiger partial charge in [0.15, 0.2) is 9.84 Å². The lowest BCUT2D eigenvalue weighted by Crippen LogP contribution is -2.36. The second-order valence-corrected chi connectivity index (χ2v) is 6.82. The number of nitrogens with zero attached hydrogens (tertiary/aromatic N) is 1. The van der Waals surface area contributed by atoms with Gasteiger partial charge in [0.05, 0.1) is 23.1 Å². The normalized spacial score (nSPS) is 11.4. The van der Waals surface area contributed by atoms with Crippen LogP contribution < -0.4 is 0 Å². The molecule has 1 amide bonds. The van der Waals surface area contributed by atoms with Gasteiger partial charge in [0, 0.05) is 32.0 Å². The van der Waals surface area contributed by atoms with Crippen LogP contribution in [-0.4, -0.2) is 64.0 Å². The molecule has 0 heterocycles. The van der Waals surface area contributed by atoms with Gasteiger partial charge in [0.25, 0.3) is 5.91 Å². The van der Waals surface area contributed by atoms with Crippen molar-refractivity contribution < 1.29 is 23.1 Å². The van der Waals surface area contributed by atoms with Crippen LogP contribution in [0.1, 0.15) is 10.4 Å². The SMILES string of the molecule is COCCN(CCO)C(=O)c1ccc(Cl)c(S(C)(=O)=O)c1. The van der Waals surface area contributed by atoms with Crippen LogP contribution in [0.3, 0.4) is 0 Å². The fraction of sp³-hybridized carbons (Fsp3) is 0.462. The molecule has 0 aromatic heterocycles. The van der Waals surface area contributed by atoms with Crippen LogP contribution in [0, 0.1) is 0 Å². The predicted octanol–water partition coefficient (Wildman–Crippen LogP) is 0.824. The first-order valence-corrected chi connectivity index (χ1v) is 8.47. The Labute approximate surface area is 129 Å². The Hall–Kier alpha value is -1.15. The Kier molecular flexibility index (Phi) is 6.60. The van der Waals surface area contributed by atoms with E-state index in [0.717, 1.165) is 6.26 Å². The fourth-order valence-corrected chi connectivity index (χ4v) is 3.04. The van der Waals surface area contributed by atoms with Gasteiger partial charge in [-0.1, -0.05) is 11.6 Å². The molecule has 0 unspecified atom stereocenters. The van der Waals surface area contributed by atoms with Crippen molar-refractivity contribution in [1.82, 2.24) is 4.90 Å². The molecule has 0 aliphatic carbocycles. The third-order valence-electron chi connectivity index (χ3n) is 2.80. The fourth-order valence-electron chi connectivity index (χ4n) is 1.74. The van der Waals surface area contributed by atoms with E-state index in [1.807, 2.05) is 0 Å². The summed E-state index contributed by atoms with van der Waals surface area (Å²) in [5.41, 5.74) is 0.198. The van der Waals surface area contributed by atoms with Crippen molar-refractivity contribution in [2.75, 3.05) is 39.7 Å². The molecule has 0 saturated heterocycles. The van der Waals surface area contributed by atoms with Gasteiger partial charge in [-0.25, -0.2) is 8.42 Å². The van der Waals surface area contributed by atoms with Crippen LogP contribution in [0.15, 0.2) is 23.1 Å². The zero-order chi connectivity index (χ0) is 16.0. The van der Waals surface area contributed by atoms with Crippen molar-refractivity contribution in [3.63, 3.8) is 0 Å². The second-order valence-electron chi connectivity index (χ2n) is 4.43. The van der Waals surface area contributed by atoms with E-state index in [2.05, 4.69) is 0 Å². The van der Waals surface area contributed by atoms with Crippen molar-refractivity contribution in [2.24, 2.45) is 0 Å². The van der Waals surface area contributed by atoms with E-state index in [9.17, 15) is 13.2 Å². The highest BCUT2D eigenvalue weighted by Crippen LogP contribution is 2.23. The number of rotatable bonds is 7. The molecule has 0 bridgehead atoms. The number of sulfone groups is 1. The van der Waals surface area contributed by atoms with Gasteiger partial charge in [-0.2, -0.15) is 0 Å². The van der Waals surface area contributed by atoms with E-state index < -0.39 is 9.84 Å². The maximum Gasteiger partial charge on any atom is 0.254 e. The number of hydrogen-bond acceptors (Lipinski definition) is 5. The average molecular weight is 336 g/mol. The lowest BCUT2D eigenvalue weighted by molar-refractivity contribution is 0.0656. The van der Waals surface area contributed by atoms with Crippen LogP contribution in [0.5, 0.6) is 0 Å². The molecule has 21 heavy (non-hydrogen) atoms. The first-order valence-electron chi connectivity index (χ1n) is 6.20. The zero-order valence-corrected chi connectivity index (χ0v) is 13.4. The minimum Gasteiger partial charge on any atom is -0.395 e. The summed E-state index contributed by atoms with van der Waals surface area (Å²) in [4.78, 5) is 13.6. The number of amides is 1. The minimum absolute atomic E-state index is 0.0691. The van der Waals surface area contributed by atoms with Gasteiger partial charge < -0.3 is 14.7 Å². The Bertz CT molecular complexity index is 603. The second kappa shape index (κ2) is 7.74. The van der Waals surface area contributed by atoms with Crippen molar-refractivity contribution in [3.8, 4) is 0 Å². The van der Waals surface area contributed by atoms with Crippen LogP contribution in [0.2, 0.25) is 5.02 Å². The number of ether oxygens (including phenoxy) is 1. The third-order valence-corrected chi connectivity index (χ3v) is 4.38. The molecule has 1 rings (SSSR count). The molecule has 1 aromatic carbocycles. The lowest BCUT2D eigenvalue weighted by atomic mass is 10.2. The average Bonchev–Trinajstić information content (AvgIpc) is 2.42. The molecular weight excluding hydrogens is 318 g/mol. The highest BCUT2D eigenvalue weighted by Gasteiger charge is 2.19.